The lowest BCUT2D eigenvalue weighted by Crippen LogP contribution is -2.33. The predicted octanol–water partition coefficient (Wildman–Crippen LogP) is 3.81. The average molecular weight is 420 g/mol. The van der Waals surface area contributed by atoms with Gasteiger partial charge in [0, 0.05) is 34.8 Å². The Labute approximate surface area is 179 Å². The highest BCUT2D eigenvalue weighted by Crippen LogP contribution is 2.31. The van der Waals surface area contributed by atoms with Gasteiger partial charge in [0.15, 0.2) is 0 Å². The van der Waals surface area contributed by atoms with Crippen molar-refractivity contribution in [2.75, 3.05) is 33.0 Å². The SMILES string of the molecule is O/N=C(\C=C1/NCCc2cc(-c3cc4ccccc4o3)ccc21)OCC1COCCO1. The van der Waals surface area contributed by atoms with E-state index >= 15 is 0 Å². The lowest BCUT2D eigenvalue weighted by Gasteiger charge is -2.24. The molecule has 2 aliphatic rings. The number of hydrogen-bond acceptors (Lipinski definition) is 7. The van der Waals surface area contributed by atoms with E-state index in [9.17, 15) is 5.21 Å². The van der Waals surface area contributed by atoms with Crippen molar-refractivity contribution in [3.63, 3.8) is 0 Å². The number of rotatable bonds is 4. The third kappa shape index (κ3) is 4.28. The molecule has 1 fully saturated rings. The maximum atomic E-state index is 9.40. The van der Waals surface area contributed by atoms with Crippen molar-refractivity contribution in [1.29, 1.82) is 0 Å². The van der Waals surface area contributed by atoms with Crippen LogP contribution in [0.15, 0.2) is 64.2 Å². The maximum absolute atomic E-state index is 9.40. The van der Waals surface area contributed by atoms with Gasteiger partial charge >= 0.3 is 0 Å². The number of nitrogens with one attached hydrogen (secondary N) is 1. The van der Waals surface area contributed by atoms with Gasteiger partial charge in [-0.15, -0.1) is 0 Å². The molecule has 0 aliphatic carbocycles. The Morgan fingerprint density at radius 3 is 2.97 bits per heavy atom. The number of nitrogens with zero attached hydrogens (tertiary/aromatic N) is 1. The fourth-order valence-electron chi connectivity index (χ4n) is 3.93. The monoisotopic (exact) mass is 420 g/mol. The van der Waals surface area contributed by atoms with Crippen molar-refractivity contribution in [3.8, 4) is 11.3 Å². The van der Waals surface area contributed by atoms with E-state index in [-0.39, 0.29) is 18.6 Å². The van der Waals surface area contributed by atoms with Crippen LogP contribution in [0.2, 0.25) is 0 Å². The second-order valence-corrected chi connectivity index (χ2v) is 7.57. The van der Waals surface area contributed by atoms with Gasteiger partial charge in [0.1, 0.15) is 24.1 Å². The summed E-state index contributed by atoms with van der Waals surface area (Å²) in [7, 11) is 0. The summed E-state index contributed by atoms with van der Waals surface area (Å²) in [6.45, 7) is 2.66. The molecule has 1 atom stereocenters. The van der Waals surface area contributed by atoms with Crippen molar-refractivity contribution in [3.05, 3.63) is 65.7 Å². The van der Waals surface area contributed by atoms with E-state index in [1.165, 1.54) is 5.56 Å². The highest BCUT2D eigenvalue weighted by molar-refractivity contribution is 5.95. The van der Waals surface area contributed by atoms with Gasteiger partial charge in [-0.05, 0) is 35.3 Å². The van der Waals surface area contributed by atoms with Crippen LogP contribution in [-0.4, -0.2) is 50.2 Å². The van der Waals surface area contributed by atoms with E-state index in [0.717, 1.165) is 46.5 Å². The van der Waals surface area contributed by atoms with Crippen molar-refractivity contribution < 1.29 is 23.8 Å². The first-order valence-corrected chi connectivity index (χ1v) is 10.4. The summed E-state index contributed by atoms with van der Waals surface area (Å²) in [5, 5.41) is 17.2. The van der Waals surface area contributed by atoms with Gasteiger partial charge in [-0.2, -0.15) is 0 Å². The molecule has 7 heteroatoms. The number of benzene rings is 2. The van der Waals surface area contributed by atoms with Crippen LogP contribution in [0.5, 0.6) is 0 Å². The molecule has 1 saturated heterocycles. The zero-order chi connectivity index (χ0) is 21.0. The molecule has 0 radical (unpaired) electrons. The van der Waals surface area contributed by atoms with Crippen LogP contribution >= 0.6 is 0 Å². The number of hydrogen-bond donors (Lipinski definition) is 2. The molecule has 31 heavy (non-hydrogen) atoms. The molecule has 0 amide bonds. The van der Waals surface area contributed by atoms with E-state index in [1.807, 2.05) is 30.3 Å². The van der Waals surface area contributed by atoms with Gasteiger partial charge in [0.05, 0.1) is 19.8 Å². The Bertz CT molecular complexity index is 1090. The molecule has 0 bridgehead atoms. The zero-order valence-corrected chi connectivity index (χ0v) is 17.0. The molecule has 3 aromatic rings. The lowest BCUT2D eigenvalue weighted by atomic mass is 9.95. The zero-order valence-electron chi connectivity index (χ0n) is 17.0. The van der Waals surface area contributed by atoms with Crippen LogP contribution in [0, 0.1) is 0 Å². The molecule has 0 spiro atoms. The normalized spacial score (nSPS) is 20.5. The summed E-state index contributed by atoms with van der Waals surface area (Å²) >= 11 is 0. The van der Waals surface area contributed by atoms with E-state index in [2.05, 4.69) is 28.7 Å². The summed E-state index contributed by atoms with van der Waals surface area (Å²) < 4.78 is 22.6. The van der Waals surface area contributed by atoms with Gasteiger partial charge in [-0.1, -0.05) is 30.3 Å². The second kappa shape index (κ2) is 8.83. The Morgan fingerprint density at radius 2 is 2.13 bits per heavy atom. The van der Waals surface area contributed by atoms with Crippen LogP contribution in [0.4, 0.5) is 0 Å². The van der Waals surface area contributed by atoms with E-state index in [0.29, 0.717) is 19.8 Å². The minimum atomic E-state index is -0.165. The summed E-state index contributed by atoms with van der Waals surface area (Å²) in [6.07, 6.45) is 2.44. The topological polar surface area (TPSA) is 85.5 Å². The molecule has 5 rings (SSSR count). The lowest BCUT2D eigenvalue weighted by molar-refractivity contribution is -0.103. The first-order chi connectivity index (χ1) is 15.3. The summed E-state index contributed by atoms with van der Waals surface area (Å²) in [5.41, 5.74) is 5.02. The molecule has 2 aliphatic heterocycles. The van der Waals surface area contributed by atoms with Crippen LogP contribution in [0.3, 0.4) is 0 Å². The molecule has 3 heterocycles. The molecule has 7 nitrogen and oxygen atoms in total. The largest absolute Gasteiger partial charge is 0.473 e. The van der Waals surface area contributed by atoms with E-state index < -0.39 is 0 Å². The minimum absolute atomic E-state index is 0.130. The fraction of sp³-hybridized carbons (Fsp3) is 0.292. The molecule has 2 aromatic carbocycles. The standard InChI is InChI=1S/C24H24N2O5/c27-26-24(30-15-19-14-28-9-10-29-19)13-21-20-6-5-18(11-16(20)7-8-25-21)23-12-17-3-1-2-4-22(17)31-23/h1-6,11-13,19,25,27H,7-10,14-15H2/b21-13-,26-24+. The van der Waals surface area contributed by atoms with Crippen LogP contribution in [0.25, 0.3) is 28.0 Å². The number of ether oxygens (including phenoxy) is 3. The fourth-order valence-corrected chi connectivity index (χ4v) is 3.93. The van der Waals surface area contributed by atoms with E-state index in [4.69, 9.17) is 18.6 Å². The molecule has 1 aromatic heterocycles. The molecule has 160 valence electrons. The first-order valence-electron chi connectivity index (χ1n) is 10.4. The average Bonchev–Trinajstić information content (AvgIpc) is 3.26. The van der Waals surface area contributed by atoms with Crippen LogP contribution in [0.1, 0.15) is 11.1 Å². The third-order valence-electron chi connectivity index (χ3n) is 5.48. The Morgan fingerprint density at radius 1 is 1.19 bits per heavy atom. The van der Waals surface area contributed by atoms with Gasteiger partial charge in [0.25, 0.3) is 5.90 Å². The minimum Gasteiger partial charge on any atom is -0.473 e. The maximum Gasteiger partial charge on any atom is 0.252 e. The predicted molar refractivity (Wildman–Crippen MR) is 117 cm³/mol. The number of para-hydroxylation sites is 1. The van der Waals surface area contributed by atoms with Crippen molar-refractivity contribution in [1.82, 2.24) is 5.32 Å². The second-order valence-electron chi connectivity index (χ2n) is 7.57. The number of oxime groups is 1. The molecule has 0 saturated carbocycles. The summed E-state index contributed by atoms with van der Waals surface area (Å²) in [4.78, 5) is 0. The smallest absolute Gasteiger partial charge is 0.252 e. The summed E-state index contributed by atoms with van der Waals surface area (Å²) in [6, 6.07) is 16.3. The van der Waals surface area contributed by atoms with Crippen molar-refractivity contribution in [2.24, 2.45) is 5.16 Å². The molecule has 1 unspecified atom stereocenters. The Hall–Kier alpha value is -3.29. The Balaban J connectivity index is 1.36. The Kier molecular flexibility index (Phi) is 5.60. The van der Waals surface area contributed by atoms with Crippen LogP contribution < -0.4 is 5.32 Å². The quantitative estimate of drug-likeness (QED) is 0.289. The number of fused-ring (bicyclic) bond motifs is 2. The highest BCUT2D eigenvalue weighted by atomic mass is 16.6. The first kappa shape index (κ1) is 19.7. The van der Waals surface area contributed by atoms with Crippen molar-refractivity contribution >= 4 is 22.6 Å². The third-order valence-corrected chi connectivity index (χ3v) is 5.48. The van der Waals surface area contributed by atoms with E-state index in [1.54, 1.807) is 6.08 Å². The molecular formula is C24H24N2O5. The number of furan rings is 1. The van der Waals surface area contributed by atoms with Gasteiger partial charge < -0.3 is 29.2 Å². The molecule has 2 N–H and O–H groups in total. The van der Waals surface area contributed by atoms with Gasteiger partial charge in [-0.25, -0.2) is 0 Å². The summed E-state index contributed by atoms with van der Waals surface area (Å²) in [5.74, 6) is 0.981. The molecular weight excluding hydrogens is 396 g/mol. The highest BCUT2D eigenvalue weighted by Gasteiger charge is 2.19. The van der Waals surface area contributed by atoms with Gasteiger partial charge in [0.2, 0.25) is 0 Å². The van der Waals surface area contributed by atoms with Gasteiger partial charge in [-0.3, -0.25) is 0 Å². The van der Waals surface area contributed by atoms with Crippen molar-refractivity contribution in [2.45, 2.75) is 12.5 Å². The van der Waals surface area contributed by atoms with Crippen LogP contribution in [-0.2, 0) is 20.6 Å².